The van der Waals surface area contributed by atoms with Gasteiger partial charge in [0.05, 0.1) is 0 Å². The number of methoxy groups -OCH3 is 1. The van der Waals surface area contributed by atoms with Crippen molar-refractivity contribution >= 4 is 11.9 Å². The molecule has 0 saturated heterocycles. The van der Waals surface area contributed by atoms with Gasteiger partial charge in [-0.15, -0.1) is 0 Å². The van der Waals surface area contributed by atoms with Gasteiger partial charge in [0.25, 0.3) is 0 Å². The van der Waals surface area contributed by atoms with Crippen molar-refractivity contribution < 1.29 is 9.53 Å². The molecule has 0 bridgehead atoms. The van der Waals surface area contributed by atoms with E-state index in [1.165, 1.54) is 25.7 Å². The lowest BCUT2D eigenvalue weighted by molar-refractivity contribution is -0.127. The van der Waals surface area contributed by atoms with Crippen LogP contribution in [0, 0.1) is 5.41 Å². The number of rotatable bonds is 8. The van der Waals surface area contributed by atoms with Crippen molar-refractivity contribution in [2.75, 3.05) is 47.4 Å². The summed E-state index contributed by atoms with van der Waals surface area (Å²) in [5.74, 6) is 0.730. The largest absolute Gasteiger partial charge is 0.385 e. The fourth-order valence-electron chi connectivity index (χ4n) is 2.86. The molecule has 0 heterocycles. The number of ether oxygens (including phenoxy) is 1. The van der Waals surface area contributed by atoms with Crippen molar-refractivity contribution in [3.05, 3.63) is 0 Å². The summed E-state index contributed by atoms with van der Waals surface area (Å²) < 4.78 is 5.26. The Morgan fingerprint density at radius 1 is 1.27 bits per heavy atom. The van der Waals surface area contributed by atoms with Gasteiger partial charge in [-0.1, -0.05) is 12.8 Å². The van der Waals surface area contributed by atoms with E-state index in [-0.39, 0.29) is 12.5 Å². The van der Waals surface area contributed by atoms with Gasteiger partial charge in [-0.25, -0.2) is 4.99 Å². The van der Waals surface area contributed by atoms with E-state index in [2.05, 4.69) is 15.6 Å². The average Bonchev–Trinajstić information content (AvgIpc) is 2.97. The van der Waals surface area contributed by atoms with Gasteiger partial charge in [-0.2, -0.15) is 0 Å². The fraction of sp³-hybridized carbons (Fsp3) is 0.875. The number of carbonyl (C=O) groups is 1. The third kappa shape index (κ3) is 6.22. The number of amides is 1. The first-order valence-corrected chi connectivity index (χ1v) is 8.24. The maximum absolute atomic E-state index is 11.7. The van der Waals surface area contributed by atoms with Crippen LogP contribution in [0.4, 0.5) is 0 Å². The molecule has 0 radical (unpaired) electrons. The fourth-order valence-corrected chi connectivity index (χ4v) is 2.86. The predicted octanol–water partition coefficient (Wildman–Crippen LogP) is 1.23. The minimum atomic E-state index is 0.00663. The number of guanidine groups is 1. The van der Waals surface area contributed by atoms with E-state index in [1.54, 1.807) is 26.1 Å². The van der Waals surface area contributed by atoms with Crippen molar-refractivity contribution in [3.63, 3.8) is 0 Å². The lowest BCUT2D eigenvalue weighted by atomic mass is 9.83. The molecule has 1 rings (SSSR count). The summed E-state index contributed by atoms with van der Waals surface area (Å²) in [5.41, 5.74) is 0.303. The van der Waals surface area contributed by atoms with Gasteiger partial charge in [0, 0.05) is 40.9 Å². The molecule has 0 aromatic rings. The van der Waals surface area contributed by atoms with E-state index in [0.717, 1.165) is 32.1 Å². The van der Waals surface area contributed by atoms with Crippen LogP contribution in [0.3, 0.4) is 0 Å². The molecular formula is C16H32N4O2. The second-order valence-electron chi connectivity index (χ2n) is 6.29. The molecule has 22 heavy (non-hydrogen) atoms. The van der Waals surface area contributed by atoms with Crippen LogP contribution in [0.5, 0.6) is 0 Å². The lowest BCUT2D eigenvalue weighted by Gasteiger charge is -2.30. The predicted molar refractivity (Wildman–Crippen MR) is 90.1 cm³/mol. The Kier molecular flexibility index (Phi) is 8.24. The third-order valence-corrected chi connectivity index (χ3v) is 4.35. The minimum Gasteiger partial charge on any atom is -0.385 e. The van der Waals surface area contributed by atoms with E-state index in [1.807, 2.05) is 6.92 Å². The molecule has 1 amide bonds. The number of hydrogen-bond donors (Lipinski definition) is 2. The second-order valence-corrected chi connectivity index (χ2v) is 6.29. The van der Waals surface area contributed by atoms with Crippen molar-refractivity contribution in [1.29, 1.82) is 0 Å². The molecule has 128 valence electrons. The lowest BCUT2D eigenvalue weighted by Crippen LogP contribution is -2.44. The number of aliphatic imine (C=N–C) groups is 1. The maximum atomic E-state index is 11.7. The highest BCUT2D eigenvalue weighted by atomic mass is 16.5. The Balaban J connectivity index is 2.57. The summed E-state index contributed by atoms with van der Waals surface area (Å²) >= 11 is 0. The molecule has 2 N–H and O–H groups in total. The Hall–Kier alpha value is -1.30. The second kappa shape index (κ2) is 9.66. The molecule has 0 aromatic heterocycles. The first-order chi connectivity index (χ1) is 10.5. The topological polar surface area (TPSA) is 66.0 Å². The van der Waals surface area contributed by atoms with Gasteiger partial charge in [-0.05, 0) is 31.6 Å². The van der Waals surface area contributed by atoms with E-state index in [9.17, 15) is 4.79 Å². The highest BCUT2D eigenvalue weighted by Crippen LogP contribution is 2.40. The van der Waals surface area contributed by atoms with Gasteiger partial charge in [-0.3, -0.25) is 4.79 Å². The molecule has 0 spiro atoms. The van der Waals surface area contributed by atoms with Crippen molar-refractivity contribution in [2.24, 2.45) is 10.4 Å². The number of nitrogens with one attached hydrogen (secondary N) is 2. The third-order valence-electron chi connectivity index (χ3n) is 4.35. The molecule has 0 aromatic carbocycles. The summed E-state index contributed by atoms with van der Waals surface area (Å²) in [5, 5.41) is 6.63. The molecule has 1 saturated carbocycles. The van der Waals surface area contributed by atoms with Gasteiger partial charge < -0.3 is 20.3 Å². The van der Waals surface area contributed by atoms with Crippen LogP contribution in [-0.2, 0) is 9.53 Å². The number of nitrogens with zero attached hydrogens (tertiary/aromatic N) is 2. The van der Waals surface area contributed by atoms with Crippen molar-refractivity contribution in [3.8, 4) is 0 Å². The van der Waals surface area contributed by atoms with Gasteiger partial charge >= 0.3 is 0 Å². The van der Waals surface area contributed by atoms with Crippen molar-refractivity contribution in [1.82, 2.24) is 15.5 Å². The molecule has 1 aliphatic rings. The van der Waals surface area contributed by atoms with Gasteiger partial charge in [0.2, 0.25) is 5.91 Å². The Morgan fingerprint density at radius 3 is 2.50 bits per heavy atom. The van der Waals surface area contributed by atoms with Gasteiger partial charge in [0.1, 0.15) is 6.54 Å². The zero-order chi connectivity index (χ0) is 16.4. The molecule has 0 unspecified atom stereocenters. The number of carbonyl (C=O) groups excluding carboxylic acids is 1. The van der Waals surface area contributed by atoms with Crippen LogP contribution >= 0.6 is 0 Å². The number of likely N-dealkylation sites (N-methyl/N-ethyl adjacent to an activating group) is 1. The summed E-state index contributed by atoms with van der Waals surface area (Å²) in [4.78, 5) is 17.6. The quantitative estimate of drug-likeness (QED) is 0.522. The molecular weight excluding hydrogens is 280 g/mol. The average molecular weight is 312 g/mol. The molecule has 1 fully saturated rings. The Labute approximate surface area is 134 Å². The zero-order valence-corrected chi connectivity index (χ0v) is 14.6. The van der Waals surface area contributed by atoms with Crippen LogP contribution in [0.15, 0.2) is 4.99 Å². The Morgan fingerprint density at radius 2 is 1.95 bits per heavy atom. The zero-order valence-electron chi connectivity index (χ0n) is 14.6. The van der Waals surface area contributed by atoms with Crippen LogP contribution in [0.1, 0.15) is 39.0 Å². The molecule has 6 nitrogen and oxygen atoms in total. The van der Waals surface area contributed by atoms with Crippen LogP contribution < -0.4 is 10.6 Å². The van der Waals surface area contributed by atoms with E-state index >= 15 is 0 Å². The van der Waals surface area contributed by atoms with Crippen LogP contribution in [-0.4, -0.2) is 64.2 Å². The SMILES string of the molecule is CCNC(=NCC(=O)N(C)C)NCC1(CCOC)CCCC1. The highest BCUT2D eigenvalue weighted by Gasteiger charge is 2.33. The van der Waals surface area contributed by atoms with Crippen LogP contribution in [0.2, 0.25) is 0 Å². The molecule has 0 atom stereocenters. The van der Waals surface area contributed by atoms with E-state index in [4.69, 9.17) is 4.74 Å². The first kappa shape index (κ1) is 18.7. The molecule has 1 aliphatic carbocycles. The van der Waals surface area contributed by atoms with Gasteiger partial charge in [0.15, 0.2) is 5.96 Å². The van der Waals surface area contributed by atoms with Crippen LogP contribution in [0.25, 0.3) is 0 Å². The van der Waals surface area contributed by atoms with E-state index < -0.39 is 0 Å². The Bertz CT molecular complexity index is 363. The van der Waals surface area contributed by atoms with E-state index in [0.29, 0.717) is 5.41 Å². The first-order valence-electron chi connectivity index (χ1n) is 8.24. The smallest absolute Gasteiger partial charge is 0.243 e. The standard InChI is InChI=1S/C16H32N4O2/c1-5-17-15(18-12-14(21)20(2)3)19-13-16(10-11-22-4)8-6-7-9-16/h5-13H2,1-4H3,(H2,17,18,19). The summed E-state index contributed by atoms with van der Waals surface area (Å²) in [6.45, 7) is 4.68. The number of hydrogen-bond acceptors (Lipinski definition) is 3. The molecule has 6 heteroatoms. The monoisotopic (exact) mass is 312 g/mol. The maximum Gasteiger partial charge on any atom is 0.243 e. The summed E-state index contributed by atoms with van der Waals surface area (Å²) in [6, 6.07) is 0. The minimum absolute atomic E-state index is 0.00663. The molecule has 0 aliphatic heterocycles. The summed E-state index contributed by atoms with van der Waals surface area (Å²) in [6.07, 6.45) is 6.13. The van der Waals surface area contributed by atoms with Crippen molar-refractivity contribution in [2.45, 2.75) is 39.0 Å². The summed E-state index contributed by atoms with van der Waals surface area (Å²) in [7, 11) is 5.25. The normalized spacial score (nSPS) is 17.4. The highest BCUT2D eigenvalue weighted by molar-refractivity contribution is 5.84.